The van der Waals surface area contributed by atoms with E-state index < -0.39 is 5.60 Å². The smallest absolute Gasteiger partial charge is 0.259 e. The third kappa shape index (κ3) is 4.02. The highest BCUT2D eigenvalue weighted by Crippen LogP contribution is 2.45. The largest absolute Gasteiger partial charge is 0.384 e. The molecular weight excluding hydrogens is 498 g/mol. The molecule has 6 heterocycles. The van der Waals surface area contributed by atoms with Crippen molar-refractivity contribution in [3.05, 3.63) is 53.2 Å². The number of rotatable bonds is 5. The second-order valence-electron chi connectivity index (χ2n) is 11.1. The molecule has 1 amide bonds. The van der Waals surface area contributed by atoms with Crippen molar-refractivity contribution < 1.29 is 14.7 Å². The van der Waals surface area contributed by atoms with Crippen LogP contribution >= 0.6 is 0 Å². The predicted molar refractivity (Wildman–Crippen MR) is 144 cm³/mol. The number of hydrogen-bond donors (Lipinski definition) is 4. The molecule has 3 atom stereocenters. The molecule has 4 aromatic rings. The van der Waals surface area contributed by atoms with Gasteiger partial charge in [-0.2, -0.15) is 14.7 Å². The summed E-state index contributed by atoms with van der Waals surface area (Å²) >= 11 is 0. The van der Waals surface area contributed by atoms with Gasteiger partial charge < -0.3 is 21.5 Å². The number of ketones is 1. The van der Waals surface area contributed by atoms with Gasteiger partial charge in [-0.15, -0.1) is 0 Å². The maximum absolute atomic E-state index is 13.3. The van der Waals surface area contributed by atoms with E-state index in [1.54, 1.807) is 32.3 Å². The Labute approximate surface area is 224 Å². The molecule has 39 heavy (non-hydrogen) atoms. The van der Waals surface area contributed by atoms with E-state index in [0.717, 1.165) is 24.0 Å². The van der Waals surface area contributed by atoms with Gasteiger partial charge in [-0.05, 0) is 52.5 Å². The van der Waals surface area contributed by atoms with Crippen LogP contribution in [0.1, 0.15) is 84.5 Å². The molecule has 2 saturated heterocycles. The number of piperidine rings is 1. The van der Waals surface area contributed by atoms with Gasteiger partial charge in [0.15, 0.2) is 11.4 Å². The zero-order valence-electron chi connectivity index (χ0n) is 22.0. The number of aromatic nitrogens is 6. The highest BCUT2D eigenvalue weighted by atomic mass is 16.3. The number of Topliss-reactive ketones (excluding diaryl/α,β-unsaturated/α-hetero) is 1. The Morgan fingerprint density at radius 2 is 1.82 bits per heavy atom. The van der Waals surface area contributed by atoms with Crippen LogP contribution in [0.5, 0.6) is 0 Å². The molecule has 2 fully saturated rings. The van der Waals surface area contributed by atoms with Gasteiger partial charge in [0.1, 0.15) is 22.8 Å². The van der Waals surface area contributed by atoms with Crippen molar-refractivity contribution in [3.8, 4) is 11.1 Å². The molecule has 0 saturated carbocycles. The summed E-state index contributed by atoms with van der Waals surface area (Å²) in [7, 11) is 0. The molecule has 2 aliphatic heterocycles. The molecule has 0 radical (unpaired) electrons. The summed E-state index contributed by atoms with van der Waals surface area (Å²) in [5, 5.41) is 21.2. The number of nitrogens with one attached hydrogen (secondary N) is 1. The van der Waals surface area contributed by atoms with Crippen LogP contribution in [-0.2, 0) is 5.60 Å². The Morgan fingerprint density at radius 1 is 1.10 bits per heavy atom. The summed E-state index contributed by atoms with van der Waals surface area (Å²) in [6.45, 7) is 4.85. The SMILES string of the molecule is CC(=O)c1c(C2C[C@H]3CC[C@@H](C2)N3C(=O)c2cn[nH]c2N)nc2c(-c3ccc(C(C)(C)O)nc3)cnn2c1N. The molecule has 0 spiro atoms. The number of carbonyl (C=O) groups excluding carboxylic acids is 2. The van der Waals surface area contributed by atoms with Crippen molar-refractivity contribution >= 4 is 29.0 Å². The third-order valence-corrected chi connectivity index (χ3v) is 8.02. The van der Waals surface area contributed by atoms with Crippen molar-refractivity contribution in [1.82, 2.24) is 34.7 Å². The fourth-order valence-corrected chi connectivity index (χ4v) is 6.15. The van der Waals surface area contributed by atoms with E-state index in [1.807, 2.05) is 11.0 Å². The Balaban J connectivity index is 1.39. The summed E-state index contributed by atoms with van der Waals surface area (Å²) in [6, 6.07) is 3.62. The van der Waals surface area contributed by atoms with E-state index in [1.165, 1.54) is 17.6 Å². The number of amides is 1. The molecular formula is C27H31N9O3. The molecule has 0 aromatic carbocycles. The first-order valence-corrected chi connectivity index (χ1v) is 13.0. The number of nitrogens with zero attached hydrogens (tertiary/aromatic N) is 6. The van der Waals surface area contributed by atoms with E-state index in [2.05, 4.69) is 20.3 Å². The lowest BCUT2D eigenvalue weighted by atomic mass is 9.85. The van der Waals surface area contributed by atoms with Crippen LogP contribution in [-0.4, -0.2) is 63.6 Å². The van der Waals surface area contributed by atoms with Crippen molar-refractivity contribution in [1.29, 1.82) is 0 Å². The Morgan fingerprint density at radius 3 is 2.38 bits per heavy atom. The second-order valence-corrected chi connectivity index (χ2v) is 11.1. The normalized spacial score (nSPS) is 21.0. The highest BCUT2D eigenvalue weighted by Gasteiger charge is 2.45. The first-order valence-electron chi connectivity index (χ1n) is 13.0. The lowest BCUT2D eigenvalue weighted by Crippen LogP contribution is -2.46. The van der Waals surface area contributed by atoms with E-state index in [9.17, 15) is 14.7 Å². The number of hydrogen-bond acceptors (Lipinski definition) is 9. The molecule has 12 nitrogen and oxygen atoms in total. The van der Waals surface area contributed by atoms with Crippen molar-refractivity contribution in [2.75, 3.05) is 11.5 Å². The Hall–Kier alpha value is -4.32. The minimum atomic E-state index is -1.06. The minimum absolute atomic E-state index is 0.00225. The average molecular weight is 530 g/mol. The summed E-state index contributed by atoms with van der Waals surface area (Å²) in [4.78, 5) is 37.5. The van der Waals surface area contributed by atoms with Crippen LogP contribution in [0.25, 0.3) is 16.8 Å². The average Bonchev–Trinajstić information content (AvgIpc) is 3.58. The summed E-state index contributed by atoms with van der Waals surface area (Å²) in [5.74, 6) is 0.146. The van der Waals surface area contributed by atoms with E-state index >= 15 is 0 Å². The quantitative estimate of drug-likeness (QED) is 0.282. The predicted octanol–water partition coefficient (Wildman–Crippen LogP) is 2.66. The molecule has 202 valence electrons. The zero-order chi connectivity index (χ0) is 27.6. The molecule has 6 N–H and O–H groups in total. The standard InChI is InChI=1S/C27H31N9O3/c1-13(37)21-22(15-8-16-5-6-17(9-15)35(16)26(38)19-11-31-34-23(19)28)33-25-18(12-32-36(25)24(21)29)14-4-7-20(30-10-14)27(2,3)39/h4,7,10-12,15-17,39H,5-6,8-9,29H2,1-3H3,(H3,28,31,34)/t15?,16-,17+. The van der Waals surface area contributed by atoms with Crippen molar-refractivity contribution in [2.24, 2.45) is 0 Å². The van der Waals surface area contributed by atoms with Crippen LogP contribution in [0.2, 0.25) is 0 Å². The number of fused-ring (bicyclic) bond motifs is 3. The molecule has 2 aliphatic rings. The summed E-state index contributed by atoms with van der Waals surface area (Å²) < 4.78 is 1.49. The second kappa shape index (κ2) is 8.87. The van der Waals surface area contributed by atoms with Gasteiger partial charge in [0, 0.05) is 35.3 Å². The zero-order valence-corrected chi connectivity index (χ0v) is 22.0. The summed E-state index contributed by atoms with van der Waals surface area (Å²) in [6.07, 6.45) is 7.86. The minimum Gasteiger partial charge on any atom is -0.384 e. The third-order valence-electron chi connectivity index (χ3n) is 8.02. The number of aliphatic hydroxyl groups is 1. The Kier molecular flexibility index (Phi) is 5.68. The lowest BCUT2D eigenvalue weighted by molar-refractivity contribution is 0.0569. The van der Waals surface area contributed by atoms with Crippen LogP contribution in [0.3, 0.4) is 0 Å². The van der Waals surface area contributed by atoms with Gasteiger partial charge in [-0.25, -0.2) is 4.98 Å². The lowest BCUT2D eigenvalue weighted by Gasteiger charge is -2.39. The van der Waals surface area contributed by atoms with Crippen molar-refractivity contribution in [3.63, 3.8) is 0 Å². The van der Waals surface area contributed by atoms with Gasteiger partial charge in [0.2, 0.25) is 0 Å². The molecule has 1 unspecified atom stereocenters. The molecule has 4 aromatic heterocycles. The molecule has 12 heteroatoms. The number of anilines is 2. The molecule has 6 rings (SSSR count). The Bertz CT molecular complexity index is 1590. The number of pyridine rings is 1. The fourth-order valence-electron chi connectivity index (χ4n) is 6.15. The number of nitrogens with two attached hydrogens (primary N) is 2. The van der Waals surface area contributed by atoms with Gasteiger partial charge in [0.25, 0.3) is 5.91 Å². The number of aromatic amines is 1. The van der Waals surface area contributed by atoms with E-state index in [-0.39, 0.29) is 41.3 Å². The highest BCUT2D eigenvalue weighted by molar-refractivity contribution is 6.01. The van der Waals surface area contributed by atoms with Crippen molar-refractivity contribution in [2.45, 2.75) is 70.1 Å². The first kappa shape index (κ1) is 25.0. The van der Waals surface area contributed by atoms with E-state index in [0.29, 0.717) is 41.0 Å². The van der Waals surface area contributed by atoms with Gasteiger partial charge in [-0.3, -0.25) is 19.7 Å². The van der Waals surface area contributed by atoms with Gasteiger partial charge >= 0.3 is 0 Å². The molecule has 2 bridgehead atoms. The van der Waals surface area contributed by atoms with Gasteiger partial charge in [-0.1, -0.05) is 6.07 Å². The van der Waals surface area contributed by atoms with Crippen LogP contribution in [0.4, 0.5) is 11.6 Å². The topological polar surface area (TPSA) is 181 Å². The summed E-state index contributed by atoms with van der Waals surface area (Å²) in [5.41, 5.74) is 15.4. The van der Waals surface area contributed by atoms with Crippen LogP contribution in [0, 0.1) is 0 Å². The maximum atomic E-state index is 13.3. The van der Waals surface area contributed by atoms with Crippen LogP contribution in [0.15, 0.2) is 30.7 Å². The maximum Gasteiger partial charge on any atom is 0.259 e. The molecule has 0 aliphatic carbocycles. The van der Waals surface area contributed by atoms with Crippen LogP contribution < -0.4 is 11.5 Å². The first-order chi connectivity index (χ1) is 18.5. The van der Waals surface area contributed by atoms with Gasteiger partial charge in [0.05, 0.1) is 29.3 Å². The fraction of sp³-hybridized carbons (Fsp3) is 0.407. The number of nitrogen functional groups attached to an aromatic ring is 2. The van der Waals surface area contributed by atoms with E-state index in [4.69, 9.17) is 16.5 Å². The number of H-pyrrole nitrogens is 1. The monoisotopic (exact) mass is 529 g/mol. The number of carbonyl (C=O) groups is 2.